The number of aromatic nitrogens is 1. The lowest BCUT2D eigenvalue weighted by Crippen LogP contribution is -2.30. The molecular weight excluding hydrogens is 399 g/mol. The number of amides is 1. The van der Waals surface area contributed by atoms with Gasteiger partial charge >= 0.3 is 5.97 Å². The van der Waals surface area contributed by atoms with Crippen LogP contribution in [0, 0.1) is 13.8 Å². The van der Waals surface area contributed by atoms with Gasteiger partial charge < -0.3 is 10.1 Å². The third-order valence-corrected chi connectivity index (χ3v) is 4.94. The van der Waals surface area contributed by atoms with Gasteiger partial charge in [0.05, 0.1) is 27.5 Å². The summed E-state index contributed by atoms with van der Waals surface area (Å²) in [5, 5.41) is 4.25. The van der Waals surface area contributed by atoms with E-state index >= 15 is 0 Å². The van der Waals surface area contributed by atoms with E-state index in [2.05, 4.69) is 10.3 Å². The number of fused-ring (bicyclic) bond motifs is 1. The molecule has 7 heteroatoms. The molecule has 0 saturated carbocycles. The maximum atomic E-state index is 12.7. The topological polar surface area (TPSA) is 68.3 Å². The average molecular weight is 417 g/mol. The zero-order valence-corrected chi connectivity index (χ0v) is 17.1. The summed E-state index contributed by atoms with van der Waals surface area (Å²) in [5.74, 6) is -1.12. The van der Waals surface area contributed by atoms with Crippen LogP contribution >= 0.6 is 23.2 Å². The number of hydrogen-bond acceptors (Lipinski definition) is 4. The van der Waals surface area contributed by atoms with Crippen molar-refractivity contribution in [2.24, 2.45) is 0 Å². The van der Waals surface area contributed by atoms with E-state index in [4.69, 9.17) is 27.9 Å². The molecule has 0 radical (unpaired) electrons. The summed E-state index contributed by atoms with van der Waals surface area (Å²) in [6.07, 6.45) is -1.03. The second-order valence-corrected chi connectivity index (χ2v) is 7.22. The fraction of sp³-hybridized carbons (Fsp3) is 0.190. The predicted molar refractivity (Wildman–Crippen MR) is 111 cm³/mol. The number of esters is 1. The van der Waals surface area contributed by atoms with E-state index < -0.39 is 18.0 Å². The van der Waals surface area contributed by atoms with Gasteiger partial charge in [0.15, 0.2) is 6.10 Å². The van der Waals surface area contributed by atoms with Crippen molar-refractivity contribution in [3.8, 4) is 0 Å². The number of ether oxygens (including phenoxy) is 1. The Bertz CT molecular complexity index is 1080. The zero-order chi connectivity index (χ0) is 20.4. The number of nitrogens with zero attached hydrogens (tertiary/aromatic N) is 1. The summed E-state index contributed by atoms with van der Waals surface area (Å²) in [7, 11) is 0. The monoisotopic (exact) mass is 416 g/mol. The second kappa shape index (κ2) is 8.17. The minimum absolute atomic E-state index is 0.335. The molecule has 1 N–H and O–H groups in total. The first-order valence-corrected chi connectivity index (χ1v) is 9.36. The second-order valence-electron chi connectivity index (χ2n) is 6.38. The summed E-state index contributed by atoms with van der Waals surface area (Å²) in [6, 6.07) is 12.3. The molecule has 1 aromatic heterocycles. The van der Waals surface area contributed by atoms with Gasteiger partial charge in [-0.05, 0) is 50.6 Å². The van der Waals surface area contributed by atoms with Crippen LogP contribution in [0.25, 0.3) is 10.9 Å². The molecule has 0 fully saturated rings. The molecule has 0 aliphatic heterocycles. The summed E-state index contributed by atoms with van der Waals surface area (Å²) in [4.78, 5) is 29.6. The number of halogens is 2. The van der Waals surface area contributed by atoms with Crippen LogP contribution in [-0.2, 0) is 9.53 Å². The molecule has 0 aliphatic rings. The third-order valence-electron chi connectivity index (χ3n) is 4.38. The normalized spacial score (nSPS) is 11.9. The highest BCUT2D eigenvalue weighted by Gasteiger charge is 2.23. The van der Waals surface area contributed by atoms with E-state index in [9.17, 15) is 9.59 Å². The van der Waals surface area contributed by atoms with E-state index in [0.717, 1.165) is 16.5 Å². The van der Waals surface area contributed by atoms with Crippen LogP contribution in [0.3, 0.4) is 0 Å². The maximum Gasteiger partial charge on any atom is 0.341 e. The molecular formula is C21H18Cl2N2O3. The van der Waals surface area contributed by atoms with Gasteiger partial charge in [-0.1, -0.05) is 41.4 Å². The number of anilines is 1. The van der Waals surface area contributed by atoms with Gasteiger partial charge in [0, 0.05) is 10.4 Å². The standard InChI is InChI=1S/C21H18Cl2N2O3/c1-11-15-6-4-5-7-17(15)24-12(2)19(11)21(27)28-13(3)20(26)25-18-10-14(22)8-9-16(18)23/h4-10,13H,1-3H3,(H,25,26)/t13-/m0/s1. The molecule has 1 amide bonds. The quantitative estimate of drug-likeness (QED) is 0.582. The first-order valence-electron chi connectivity index (χ1n) is 8.60. The molecule has 144 valence electrons. The Kier molecular flexibility index (Phi) is 5.87. The highest BCUT2D eigenvalue weighted by Crippen LogP contribution is 2.26. The number of carbonyl (C=O) groups is 2. The zero-order valence-electron chi connectivity index (χ0n) is 15.5. The van der Waals surface area contributed by atoms with Crippen molar-refractivity contribution in [1.82, 2.24) is 4.98 Å². The van der Waals surface area contributed by atoms with Crippen LogP contribution in [0.1, 0.15) is 28.5 Å². The van der Waals surface area contributed by atoms with E-state index in [0.29, 0.717) is 27.0 Å². The summed E-state index contributed by atoms with van der Waals surface area (Å²) in [6.45, 7) is 5.07. The molecule has 0 spiro atoms. The SMILES string of the molecule is Cc1nc2ccccc2c(C)c1C(=O)O[C@@H](C)C(=O)Nc1cc(Cl)ccc1Cl. The van der Waals surface area contributed by atoms with Crippen LogP contribution in [0.15, 0.2) is 42.5 Å². The highest BCUT2D eigenvalue weighted by atomic mass is 35.5. The molecule has 0 bridgehead atoms. The van der Waals surface area contributed by atoms with Gasteiger partial charge in [0.1, 0.15) is 0 Å². The Balaban J connectivity index is 1.80. The van der Waals surface area contributed by atoms with Gasteiger partial charge in [-0.15, -0.1) is 0 Å². The van der Waals surface area contributed by atoms with Crippen molar-refractivity contribution >= 4 is 51.7 Å². The van der Waals surface area contributed by atoms with Crippen LogP contribution in [-0.4, -0.2) is 23.0 Å². The molecule has 3 rings (SSSR count). The number of para-hydroxylation sites is 1. The summed E-state index contributed by atoms with van der Waals surface area (Å²) < 4.78 is 5.38. The molecule has 2 aromatic carbocycles. The van der Waals surface area contributed by atoms with Gasteiger partial charge in [-0.3, -0.25) is 9.78 Å². The largest absolute Gasteiger partial charge is 0.449 e. The smallest absolute Gasteiger partial charge is 0.341 e. The maximum absolute atomic E-state index is 12.7. The number of nitrogens with one attached hydrogen (secondary N) is 1. The molecule has 1 atom stereocenters. The Morgan fingerprint density at radius 1 is 1.11 bits per heavy atom. The lowest BCUT2D eigenvalue weighted by atomic mass is 10.0. The predicted octanol–water partition coefficient (Wildman–Crippen LogP) is 5.34. The number of carbonyl (C=O) groups excluding carboxylic acids is 2. The van der Waals surface area contributed by atoms with Crippen molar-refractivity contribution < 1.29 is 14.3 Å². The molecule has 0 saturated heterocycles. The third kappa shape index (κ3) is 4.11. The Hall–Kier alpha value is -2.63. The number of hydrogen-bond donors (Lipinski definition) is 1. The minimum atomic E-state index is -1.03. The Labute approximate surface area is 172 Å². The first-order chi connectivity index (χ1) is 13.3. The fourth-order valence-corrected chi connectivity index (χ4v) is 3.27. The van der Waals surface area contributed by atoms with Crippen LogP contribution in [0.4, 0.5) is 5.69 Å². The van der Waals surface area contributed by atoms with E-state index in [1.54, 1.807) is 19.1 Å². The number of benzene rings is 2. The van der Waals surface area contributed by atoms with E-state index in [1.807, 2.05) is 31.2 Å². The van der Waals surface area contributed by atoms with E-state index in [1.165, 1.54) is 13.0 Å². The Morgan fingerprint density at radius 2 is 1.82 bits per heavy atom. The average Bonchev–Trinajstić information content (AvgIpc) is 2.64. The van der Waals surface area contributed by atoms with Crippen LogP contribution in [0.5, 0.6) is 0 Å². The molecule has 0 unspecified atom stereocenters. The Morgan fingerprint density at radius 3 is 2.57 bits per heavy atom. The minimum Gasteiger partial charge on any atom is -0.449 e. The fourth-order valence-electron chi connectivity index (χ4n) is 2.93. The van der Waals surface area contributed by atoms with E-state index in [-0.39, 0.29) is 0 Å². The van der Waals surface area contributed by atoms with Crippen LogP contribution < -0.4 is 5.32 Å². The van der Waals surface area contributed by atoms with Gasteiger partial charge in [0.2, 0.25) is 0 Å². The van der Waals surface area contributed by atoms with Crippen molar-refractivity contribution in [3.05, 3.63) is 69.3 Å². The number of rotatable bonds is 4. The van der Waals surface area contributed by atoms with Crippen molar-refractivity contribution in [1.29, 1.82) is 0 Å². The number of aryl methyl sites for hydroxylation is 2. The van der Waals surface area contributed by atoms with Gasteiger partial charge in [-0.2, -0.15) is 0 Å². The summed E-state index contributed by atoms with van der Waals surface area (Å²) >= 11 is 12.0. The van der Waals surface area contributed by atoms with Gasteiger partial charge in [0.25, 0.3) is 5.91 Å². The first kappa shape index (κ1) is 20.1. The van der Waals surface area contributed by atoms with Crippen molar-refractivity contribution in [2.75, 3.05) is 5.32 Å². The van der Waals surface area contributed by atoms with Crippen molar-refractivity contribution in [2.45, 2.75) is 26.9 Å². The number of pyridine rings is 1. The lowest BCUT2D eigenvalue weighted by Gasteiger charge is -2.16. The molecule has 5 nitrogen and oxygen atoms in total. The van der Waals surface area contributed by atoms with Crippen LogP contribution in [0.2, 0.25) is 10.0 Å². The molecule has 0 aliphatic carbocycles. The molecule has 1 heterocycles. The summed E-state index contributed by atoms with van der Waals surface area (Å²) in [5.41, 5.74) is 2.82. The van der Waals surface area contributed by atoms with Gasteiger partial charge in [-0.25, -0.2) is 4.79 Å². The lowest BCUT2D eigenvalue weighted by molar-refractivity contribution is -0.123. The molecule has 28 heavy (non-hydrogen) atoms. The highest BCUT2D eigenvalue weighted by molar-refractivity contribution is 6.35. The molecule has 3 aromatic rings. The van der Waals surface area contributed by atoms with Crippen molar-refractivity contribution in [3.63, 3.8) is 0 Å².